The lowest BCUT2D eigenvalue weighted by molar-refractivity contribution is 0.0190. The van der Waals surface area contributed by atoms with Crippen molar-refractivity contribution in [3.8, 4) is 0 Å². The van der Waals surface area contributed by atoms with Crippen LogP contribution < -0.4 is 0 Å². The van der Waals surface area contributed by atoms with Crippen molar-refractivity contribution in [1.29, 1.82) is 0 Å². The van der Waals surface area contributed by atoms with Gasteiger partial charge in [-0.3, -0.25) is 0 Å². The Morgan fingerprint density at radius 3 is 2.60 bits per heavy atom. The maximum absolute atomic E-state index is 11.7. The molecular weight excluding hydrogens is 252 g/mol. The lowest BCUT2D eigenvalue weighted by atomic mass is 9.81. The Kier molecular flexibility index (Phi) is 4.65. The zero-order valence-electron chi connectivity index (χ0n) is 12.6. The highest BCUT2D eigenvalue weighted by Gasteiger charge is 2.29. The third-order valence-electron chi connectivity index (χ3n) is 4.06. The van der Waals surface area contributed by atoms with E-state index in [9.17, 15) is 4.79 Å². The molecule has 1 aliphatic rings. The van der Waals surface area contributed by atoms with Crippen LogP contribution in [0.2, 0.25) is 0 Å². The Balaban J connectivity index is 1.96. The van der Waals surface area contributed by atoms with Crippen LogP contribution in [-0.4, -0.2) is 42.9 Å². The highest BCUT2D eigenvalue weighted by Crippen LogP contribution is 2.27. The summed E-state index contributed by atoms with van der Waals surface area (Å²) in [7, 11) is 1.44. The minimum Gasteiger partial charge on any atom is -0.452 e. The average molecular weight is 276 g/mol. The topological polar surface area (TPSA) is 32.8 Å². The molecule has 4 heteroatoms. The summed E-state index contributed by atoms with van der Waals surface area (Å²) in [6.07, 6.45) is 1.77. The Morgan fingerprint density at radius 1 is 1.25 bits per heavy atom. The fourth-order valence-corrected chi connectivity index (χ4v) is 2.65. The van der Waals surface area contributed by atoms with Gasteiger partial charge in [-0.15, -0.1) is 0 Å². The van der Waals surface area contributed by atoms with Crippen LogP contribution in [0.4, 0.5) is 4.79 Å². The number of hydrogen-bond acceptors (Lipinski definition) is 3. The van der Waals surface area contributed by atoms with Crippen molar-refractivity contribution in [2.45, 2.75) is 32.1 Å². The summed E-state index contributed by atoms with van der Waals surface area (Å²) in [4.78, 5) is 11.7. The zero-order chi connectivity index (χ0) is 14.6. The Bertz CT molecular complexity index is 445. The number of benzene rings is 1. The molecule has 0 radical (unpaired) electrons. The van der Waals surface area contributed by atoms with Gasteiger partial charge < -0.3 is 4.74 Å². The number of amides is 1. The van der Waals surface area contributed by atoms with E-state index in [1.807, 2.05) is 6.07 Å². The van der Waals surface area contributed by atoms with E-state index in [-0.39, 0.29) is 11.5 Å². The predicted molar refractivity (Wildman–Crippen MR) is 79.4 cm³/mol. The third-order valence-corrected chi connectivity index (χ3v) is 4.06. The highest BCUT2D eigenvalue weighted by molar-refractivity contribution is 5.67. The second kappa shape index (κ2) is 6.27. The van der Waals surface area contributed by atoms with Crippen LogP contribution in [0, 0.1) is 0 Å². The molecule has 0 bridgehead atoms. The zero-order valence-corrected chi connectivity index (χ0v) is 12.6. The van der Waals surface area contributed by atoms with Crippen molar-refractivity contribution in [2.24, 2.45) is 0 Å². The van der Waals surface area contributed by atoms with Crippen molar-refractivity contribution in [3.63, 3.8) is 0 Å². The van der Waals surface area contributed by atoms with Crippen molar-refractivity contribution in [1.82, 2.24) is 10.0 Å². The monoisotopic (exact) mass is 276 g/mol. The van der Waals surface area contributed by atoms with Crippen LogP contribution in [-0.2, 0) is 10.2 Å². The lowest BCUT2D eigenvalue weighted by Crippen LogP contribution is -2.42. The summed E-state index contributed by atoms with van der Waals surface area (Å²) < 4.78 is 4.83. The summed E-state index contributed by atoms with van der Waals surface area (Å²) in [5.74, 6) is 0. The quantitative estimate of drug-likeness (QED) is 0.847. The normalized spacial score (nSPS) is 16.4. The molecule has 1 amide bonds. The number of methoxy groups -OCH3 is 1. The fourth-order valence-electron chi connectivity index (χ4n) is 2.65. The molecule has 2 rings (SSSR count). The van der Waals surface area contributed by atoms with Gasteiger partial charge >= 0.3 is 6.09 Å². The Labute approximate surface area is 121 Å². The molecule has 4 nitrogen and oxygen atoms in total. The van der Waals surface area contributed by atoms with E-state index >= 15 is 0 Å². The van der Waals surface area contributed by atoms with Gasteiger partial charge in [0.15, 0.2) is 0 Å². The number of rotatable bonds is 4. The number of ether oxygens (including phenoxy) is 1. The van der Waals surface area contributed by atoms with Crippen LogP contribution in [0.15, 0.2) is 30.3 Å². The largest absolute Gasteiger partial charge is 0.452 e. The molecule has 0 atom stereocenters. The second-order valence-corrected chi connectivity index (χ2v) is 5.90. The first kappa shape index (κ1) is 14.9. The molecule has 1 aromatic rings. The number of hydrogen-bond donors (Lipinski definition) is 0. The van der Waals surface area contributed by atoms with Crippen LogP contribution in [0.1, 0.15) is 32.3 Å². The van der Waals surface area contributed by atoms with E-state index in [0.717, 1.165) is 32.5 Å². The van der Waals surface area contributed by atoms with Gasteiger partial charge in [0.25, 0.3) is 0 Å². The molecule has 0 N–H and O–H groups in total. The molecule has 0 aromatic heterocycles. The summed E-state index contributed by atoms with van der Waals surface area (Å²) in [5, 5.41) is 3.83. The first-order valence-electron chi connectivity index (χ1n) is 7.20. The second-order valence-electron chi connectivity index (χ2n) is 5.90. The summed E-state index contributed by atoms with van der Waals surface area (Å²) in [6, 6.07) is 10.5. The summed E-state index contributed by atoms with van der Waals surface area (Å²) >= 11 is 0. The molecule has 0 aliphatic carbocycles. The van der Waals surface area contributed by atoms with Gasteiger partial charge in [0, 0.05) is 19.6 Å². The van der Waals surface area contributed by atoms with Gasteiger partial charge in [0.1, 0.15) is 0 Å². The summed E-state index contributed by atoms with van der Waals surface area (Å²) in [5.41, 5.74) is 1.44. The molecule has 0 spiro atoms. The van der Waals surface area contributed by atoms with Gasteiger partial charge in [0.2, 0.25) is 0 Å². The van der Waals surface area contributed by atoms with Crippen molar-refractivity contribution in [2.75, 3.05) is 26.7 Å². The molecule has 0 unspecified atom stereocenters. The van der Waals surface area contributed by atoms with Crippen molar-refractivity contribution >= 4 is 6.09 Å². The number of nitrogens with zero attached hydrogens (tertiary/aromatic N) is 2. The van der Waals surface area contributed by atoms with Crippen molar-refractivity contribution < 1.29 is 9.53 Å². The van der Waals surface area contributed by atoms with Gasteiger partial charge in [-0.2, -0.15) is 0 Å². The maximum Gasteiger partial charge on any atom is 0.424 e. The van der Waals surface area contributed by atoms with E-state index in [2.05, 4.69) is 43.1 Å². The molecule has 110 valence electrons. The maximum atomic E-state index is 11.7. The molecule has 1 aromatic carbocycles. The fraction of sp³-hybridized carbons (Fsp3) is 0.562. The Morgan fingerprint density at radius 2 is 1.95 bits per heavy atom. The Hall–Kier alpha value is -1.55. The molecular formula is C16H24N2O2. The van der Waals surface area contributed by atoms with E-state index in [0.29, 0.717) is 0 Å². The van der Waals surface area contributed by atoms with Gasteiger partial charge in [-0.25, -0.2) is 14.8 Å². The van der Waals surface area contributed by atoms with E-state index < -0.39 is 0 Å². The molecule has 1 heterocycles. The van der Waals surface area contributed by atoms with Gasteiger partial charge in [0.05, 0.1) is 7.11 Å². The van der Waals surface area contributed by atoms with E-state index in [4.69, 9.17) is 4.74 Å². The van der Waals surface area contributed by atoms with E-state index in [1.165, 1.54) is 12.7 Å². The molecule has 1 fully saturated rings. The standard InChI is InChI=1S/C16H24N2O2/c1-16(2,14-8-5-4-6-9-14)10-13-17-11-7-12-18(17)15(19)20-3/h4-6,8-9H,7,10-13H2,1-3H3. The van der Waals surface area contributed by atoms with Crippen LogP contribution in [0.25, 0.3) is 0 Å². The first-order chi connectivity index (χ1) is 9.54. The van der Waals surface area contributed by atoms with E-state index in [1.54, 1.807) is 5.01 Å². The first-order valence-corrected chi connectivity index (χ1v) is 7.20. The number of carbonyl (C=O) groups excluding carboxylic acids is 1. The molecule has 1 aliphatic heterocycles. The van der Waals surface area contributed by atoms with Gasteiger partial charge in [-0.1, -0.05) is 44.2 Å². The van der Waals surface area contributed by atoms with Gasteiger partial charge in [-0.05, 0) is 23.8 Å². The number of carbonyl (C=O) groups is 1. The molecule has 20 heavy (non-hydrogen) atoms. The lowest BCUT2D eigenvalue weighted by Gasteiger charge is -2.31. The molecule has 1 saturated heterocycles. The number of hydrazine groups is 1. The smallest absolute Gasteiger partial charge is 0.424 e. The summed E-state index contributed by atoms with van der Waals surface area (Å²) in [6.45, 7) is 7.07. The predicted octanol–water partition coefficient (Wildman–Crippen LogP) is 3.04. The third kappa shape index (κ3) is 3.31. The van der Waals surface area contributed by atoms with Crippen molar-refractivity contribution in [3.05, 3.63) is 35.9 Å². The minimum atomic E-state index is -0.250. The SMILES string of the molecule is COC(=O)N1CCCN1CCC(C)(C)c1ccccc1. The van der Waals surface area contributed by atoms with Crippen LogP contribution in [0.3, 0.4) is 0 Å². The van der Waals surface area contributed by atoms with Crippen LogP contribution in [0.5, 0.6) is 0 Å². The average Bonchev–Trinajstić information content (AvgIpc) is 2.94. The highest BCUT2D eigenvalue weighted by atomic mass is 16.5. The molecule has 0 saturated carbocycles. The minimum absolute atomic E-state index is 0.103. The van der Waals surface area contributed by atoms with Crippen LogP contribution >= 0.6 is 0 Å².